The van der Waals surface area contributed by atoms with Crippen LogP contribution in [0.4, 0.5) is 19.0 Å². The number of anilines is 1. The van der Waals surface area contributed by atoms with Crippen LogP contribution in [0.5, 0.6) is 0 Å². The van der Waals surface area contributed by atoms with Crippen LogP contribution >= 0.6 is 11.6 Å². The summed E-state index contributed by atoms with van der Waals surface area (Å²) in [6.07, 6.45) is -2.75. The zero-order chi connectivity index (χ0) is 15.9. The monoisotopic (exact) mass is 331 g/mol. The topological polar surface area (TPSA) is 49.2 Å². The summed E-state index contributed by atoms with van der Waals surface area (Å²) in [5.41, 5.74) is -0.630. The molecular weight excluding hydrogens is 319 g/mol. The number of aliphatic hydroxyl groups is 1. The quantitative estimate of drug-likeness (QED) is 0.858. The maximum Gasteiger partial charge on any atom is 0.416 e. The van der Waals surface area contributed by atoms with Gasteiger partial charge >= 0.3 is 6.18 Å². The summed E-state index contributed by atoms with van der Waals surface area (Å²) in [6.45, 7) is 0.637. The summed E-state index contributed by atoms with van der Waals surface area (Å²) in [6, 6.07) is 3.23. The van der Waals surface area contributed by atoms with E-state index in [1.54, 1.807) is 0 Å². The van der Waals surface area contributed by atoms with Gasteiger partial charge in [-0.05, 0) is 42.6 Å². The summed E-state index contributed by atoms with van der Waals surface area (Å²) in [5, 5.41) is 9.81. The molecule has 8 heteroatoms. The van der Waals surface area contributed by atoms with Gasteiger partial charge in [-0.15, -0.1) is 0 Å². The van der Waals surface area contributed by atoms with E-state index in [0.717, 1.165) is 25.0 Å². The molecule has 1 aromatic heterocycles. The molecule has 1 aromatic carbocycles. The Balaban J connectivity index is 2.15. The molecule has 1 saturated heterocycles. The molecule has 1 N–H and O–H groups in total. The minimum Gasteiger partial charge on any atom is -0.394 e. The van der Waals surface area contributed by atoms with Gasteiger partial charge in [0.05, 0.1) is 23.7 Å². The first kappa shape index (κ1) is 15.3. The number of aliphatic hydroxyl groups excluding tert-OH is 1. The molecule has 3 rings (SSSR count). The summed E-state index contributed by atoms with van der Waals surface area (Å²) < 4.78 is 38.4. The summed E-state index contributed by atoms with van der Waals surface area (Å²) in [7, 11) is 0. The molecule has 2 aromatic rings. The van der Waals surface area contributed by atoms with E-state index < -0.39 is 11.7 Å². The minimum absolute atomic E-state index is 0.0379. The normalized spacial score (nSPS) is 19.1. The molecule has 0 radical (unpaired) electrons. The van der Waals surface area contributed by atoms with Crippen LogP contribution in [-0.2, 0) is 6.18 Å². The van der Waals surface area contributed by atoms with Gasteiger partial charge in [-0.1, -0.05) is 0 Å². The van der Waals surface area contributed by atoms with Gasteiger partial charge in [0.1, 0.15) is 5.82 Å². The number of rotatable bonds is 2. The Morgan fingerprint density at radius 3 is 2.77 bits per heavy atom. The first-order valence-corrected chi connectivity index (χ1v) is 7.20. The number of benzene rings is 1. The van der Waals surface area contributed by atoms with Gasteiger partial charge < -0.3 is 10.0 Å². The zero-order valence-electron chi connectivity index (χ0n) is 11.4. The molecule has 2 heterocycles. The van der Waals surface area contributed by atoms with Crippen molar-refractivity contribution in [2.75, 3.05) is 18.1 Å². The fourth-order valence-corrected chi connectivity index (χ4v) is 2.96. The van der Waals surface area contributed by atoms with E-state index in [4.69, 9.17) is 11.6 Å². The third-order valence-corrected chi connectivity index (χ3v) is 4.01. The molecule has 0 spiro atoms. The number of hydrogen-bond donors (Lipinski definition) is 1. The Kier molecular flexibility index (Phi) is 3.86. The van der Waals surface area contributed by atoms with E-state index in [-0.39, 0.29) is 23.4 Å². The minimum atomic E-state index is -4.44. The molecule has 0 amide bonds. The van der Waals surface area contributed by atoms with Gasteiger partial charge in [0.15, 0.2) is 0 Å². The average molecular weight is 332 g/mol. The second kappa shape index (κ2) is 5.55. The van der Waals surface area contributed by atoms with Crippen LogP contribution in [0.2, 0.25) is 5.28 Å². The lowest BCUT2D eigenvalue weighted by Gasteiger charge is -2.25. The standard InChI is InChI=1S/C14H13ClF3N3O/c15-13-19-11-6-8(14(16,17)18)3-4-10(11)12(20-13)21-5-1-2-9(21)7-22/h3-4,6,9,22H,1-2,5,7H2/t9-/m0/s1. The van der Waals surface area contributed by atoms with Crippen molar-refractivity contribution >= 4 is 28.3 Å². The molecule has 118 valence electrons. The van der Waals surface area contributed by atoms with Crippen molar-refractivity contribution in [3.8, 4) is 0 Å². The number of fused-ring (bicyclic) bond motifs is 1. The summed E-state index contributed by atoms with van der Waals surface area (Å²) in [5.74, 6) is 0.472. The van der Waals surface area contributed by atoms with Crippen LogP contribution in [0.3, 0.4) is 0 Å². The Bertz CT molecular complexity index is 708. The molecule has 0 aliphatic carbocycles. The Labute approximate surface area is 129 Å². The molecule has 1 aliphatic heterocycles. The second-order valence-corrected chi connectivity index (χ2v) is 5.56. The molecule has 0 saturated carbocycles. The average Bonchev–Trinajstić information content (AvgIpc) is 2.93. The Morgan fingerprint density at radius 2 is 2.09 bits per heavy atom. The lowest BCUT2D eigenvalue weighted by Crippen LogP contribution is -2.33. The maximum absolute atomic E-state index is 12.8. The van der Waals surface area contributed by atoms with Crippen molar-refractivity contribution < 1.29 is 18.3 Å². The highest BCUT2D eigenvalue weighted by Crippen LogP contribution is 2.35. The lowest BCUT2D eigenvalue weighted by molar-refractivity contribution is -0.137. The van der Waals surface area contributed by atoms with Gasteiger partial charge in [0.25, 0.3) is 0 Å². The largest absolute Gasteiger partial charge is 0.416 e. The zero-order valence-corrected chi connectivity index (χ0v) is 12.2. The SMILES string of the molecule is OC[C@@H]1CCCN1c1nc(Cl)nc2cc(C(F)(F)F)ccc12. The summed E-state index contributed by atoms with van der Waals surface area (Å²) in [4.78, 5) is 9.94. The second-order valence-electron chi connectivity index (χ2n) is 5.22. The maximum atomic E-state index is 12.8. The van der Waals surface area contributed by atoms with E-state index in [0.29, 0.717) is 17.7 Å². The predicted molar refractivity (Wildman–Crippen MR) is 77.0 cm³/mol. The number of alkyl halides is 3. The smallest absolute Gasteiger partial charge is 0.394 e. The highest BCUT2D eigenvalue weighted by atomic mass is 35.5. The van der Waals surface area contributed by atoms with Gasteiger partial charge in [-0.2, -0.15) is 18.2 Å². The van der Waals surface area contributed by atoms with Crippen molar-refractivity contribution in [2.45, 2.75) is 25.1 Å². The van der Waals surface area contributed by atoms with E-state index in [9.17, 15) is 18.3 Å². The van der Waals surface area contributed by atoms with Gasteiger partial charge in [0.2, 0.25) is 5.28 Å². The third kappa shape index (κ3) is 2.70. The van der Waals surface area contributed by atoms with Crippen molar-refractivity contribution in [1.29, 1.82) is 0 Å². The van der Waals surface area contributed by atoms with Crippen LogP contribution in [0, 0.1) is 0 Å². The van der Waals surface area contributed by atoms with Crippen LogP contribution in [0.15, 0.2) is 18.2 Å². The first-order valence-electron chi connectivity index (χ1n) is 6.82. The fraction of sp³-hybridized carbons (Fsp3) is 0.429. The van der Waals surface area contributed by atoms with Crippen LogP contribution in [0.25, 0.3) is 10.9 Å². The third-order valence-electron chi connectivity index (χ3n) is 3.84. The van der Waals surface area contributed by atoms with E-state index >= 15 is 0 Å². The van der Waals surface area contributed by atoms with Gasteiger partial charge in [0, 0.05) is 11.9 Å². The molecule has 0 unspecified atom stereocenters. The molecule has 0 bridgehead atoms. The number of aromatic nitrogens is 2. The van der Waals surface area contributed by atoms with Crippen molar-refractivity contribution in [1.82, 2.24) is 9.97 Å². The molecule has 4 nitrogen and oxygen atoms in total. The van der Waals surface area contributed by atoms with E-state index in [1.807, 2.05) is 4.90 Å². The predicted octanol–water partition coefficient (Wildman–Crippen LogP) is 3.26. The number of nitrogens with zero attached hydrogens (tertiary/aromatic N) is 3. The van der Waals surface area contributed by atoms with Crippen LogP contribution in [0.1, 0.15) is 18.4 Å². The van der Waals surface area contributed by atoms with Crippen LogP contribution in [-0.4, -0.2) is 34.3 Å². The van der Waals surface area contributed by atoms with Crippen molar-refractivity contribution in [3.63, 3.8) is 0 Å². The molecule has 1 atom stereocenters. The van der Waals surface area contributed by atoms with Gasteiger partial charge in [-0.25, -0.2) is 4.98 Å². The first-order chi connectivity index (χ1) is 10.4. The Morgan fingerprint density at radius 1 is 1.32 bits per heavy atom. The van der Waals surface area contributed by atoms with Crippen LogP contribution < -0.4 is 4.90 Å². The highest BCUT2D eigenvalue weighted by Gasteiger charge is 2.32. The van der Waals surface area contributed by atoms with Gasteiger partial charge in [-0.3, -0.25) is 0 Å². The molecule has 22 heavy (non-hydrogen) atoms. The number of halogens is 4. The molecular formula is C14H13ClF3N3O. The molecule has 1 aliphatic rings. The molecule has 1 fully saturated rings. The van der Waals surface area contributed by atoms with E-state index in [2.05, 4.69) is 9.97 Å². The highest BCUT2D eigenvalue weighted by molar-refractivity contribution is 6.28. The van der Waals surface area contributed by atoms with Crippen molar-refractivity contribution in [3.05, 3.63) is 29.0 Å². The fourth-order valence-electron chi connectivity index (χ4n) is 2.78. The summed E-state index contributed by atoms with van der Waals surface area (Å²) >= 11 is 5.87. The van der Waals surface area contributed by atoms with E-state index in [1.165, 1.54) is 6.07 Å². The Hall–Kier alpha value is -1.60. The lowest BCUT2D eigenvalue weighted by atomic mass is 10.1. The van der Waals surface area contributed by atoms with Crippen molar-refractivity contribution in [2.24, 2.45) is 0 Å². The number of hydrogen-bond acceptors (Lipinski definition) is 4.